The van der Waals surface area contributed by atoms with Crippen molar-refractivity contribution in [3.05, 3.63) is 34.6 Å². The van der Waals surface area contributed by atoms with Crippen molar-refractivity contribution in [3.8, 4) is 11.6 Å². The number of nitrogens with zero attached hydrogens (tertiary/aromatic N) is 1. The molecule has 7 heteroatoms. The molecule has 1 aromatic carbocycles. The summed E-state index contributed by atoms with van der Waals surface area (Å²) in [5, 5.41) is 12.4. The van der Waals surface area contributed by atoms with E-state index in [2.05, 4.69) is 15.3 Å². The van der Waals surface area contributed by atoms with Crippen molar-refractivity contribution in [2.24, 2.45) is 0 Å². The van der Waals surface area contributed by atoms with E-state index in [4.69, 9.17) is 10.5 Å². The molecule has 0 atom stereocenters. The minimum Gasteiger partial charge on any atom is -0.492 e. The maximum atomic E-state index is 11.7. The van der Waals surface area contributed by atoms with Crippen LogP contribution < -0.4 is 21.3 Å². The first-order valence-electron chi connectivity index (χ1n) is 5.69. The van der Waals surface area contributed by atoms with E-state index in [1.54, 1.807) is 18.2 Å². The molecule has 0 amide bonds. The molecule has 19 heavy (non-hydrogen) atoms. The van der Waals surface area contributed by atoms with E-state index in [-0.39, 0.29) is 11.6 Å². The lowest BCUT2D eigenvalue weighted by molar-refractivity contribution is 0.342. The highest BCUT2D eigenvalue weighted by Crippen LogP contribution is 2.28. The maximum absolute atomic E-state index is 11.7. The second-order valence-electron chi connectivity index (χ2n) is 3.70. The highest BCUT2D eigenvalue weighted by atomic mass is 16.5. The van der Waals surface area contributed by atoms with Gasteiger partial charge in [0.05, 0.1) is 12.3 Å². The predicted molar refractivity (Wildman–Crippen MR) is 71.8 cm³/mol. The molecule has 0 radical (unpaired) electrons. The van der Waals surface area contributed by atoms with Crippen molar-refractivity contribution in [2.75, 3.05) is 17.7 Å². The number of nitrogens with two attached hydrogens (primary N) is 1. The van der Waals surface area contributed by atoms with Gasteiger partial charge in [-0.2, -0.15) is 4.98 Å². The van der Waals surface area contributed by atoms with Crippen LogP contribution in [0.5, 0.6) is 11.6 Å². The van der Waals surface area contributed by atoms with Gasteiger partial charge in [0.2, 0.25) is 11.8 Å². The number of aromatic nitrogens is 2. The maximum Gasteiger partial charge on any atom is 0.280 e. The van der Waals surface area contributed by atoms with Gasteiger partial charge < -0.3 is 20.9 Å². The van der Waals surface area contributed by atoms with Crippen LogP contribution >= 0.6 is 0 Å². The number of rotatable bonds is 4. The molecular weight excluding hydrogens is 248 g/mol. The molecular formula is C12H14N4O3. The topological polar surface area (TPSA) is 113 Å². The summed E-state index contributed by atoms with van der Waals surface area (Å²) in [6, 6.07) is 7.06. The molecule has 1 heterocycles. The number of anilines is 3. The molecule has 0 unspecified atom stereocenters. The summed E-state index contributed by atoms with van der Waals surface area (Å²) in [6.45, 7) is 2.34. The van der Waals surface area contributed by atoms with Gasteiger partial charge in [-0.1, -0.05) is 12.1 Å². The third-order valence-corrected chi connectivity index (χ3v) is 2.37. The van der Waals surface area contributed by atoms with Crippen LogP contribution in [0.4, 0.5) is 17.3 Å². The molecule has 0 aliphatic carbocycles. The molecule has 0 aliphatic rings. The first kappa shape index (κ1) is 12.7. The molecule has 0 saturated heterocycles. The molecule has 0 bridgehead atoms. The molecule has 1 aromatic heterocycles. The summed E-state index contributed by atoms with van der Waals surface area (Å²) in [6.07, 6.45) is 0. The largest absolute Gasteiger partial charge is 0.492 e. The number of ether oxygens (including phenoxy) is 1. The van der Waals surface area contributed by atoms with E-state index in [1.807, 2.05) is 13.0 Å². The van der Waals surface area contributed by atoms with Gasteiger partial charge >= 0.3 is 0 Å². The fraction of sp³-hybridized carbons (Fsp3) is 0.167. The smallest absolute Gasteiger partial charge is 0.280 e. The zero-order chi connectivity index (χ0) is 13.8. The summed E-state index contributed by atoms with van der Waals surface area (Å²) in [5.41, 5.74) is 5.23. The number of benzene rings is 1. The summed E-state index contributed by atoms with van der Waals surface area (Å²) < 4.78 is 5.41. The lowest BCUT2D eigenvalue weighted by atomic mass is 10.3. The quantitative estimate of drug-likeness (QED) is 0.658. The van der Waals surface area contributed by atoms with Crippen molar-refractivity contribution < 1.29 is 9.84 Å². The Morgan fingerprint density at radius 1 is 1.47 bits per heavy atom. The minimum absolute atomic E-state index is 0.0821. The molecule has 0 aliphatic heterocycles. The number of nitrogens with one attached hydrogen (secondary N) is 2. The molecule has 2 rings (SSSR count). The van der Waals surface area contributed by atoms with E-state index in [1.165, 1.54) is 0 Å². The molecule has 0 spiro atoms. The van der Waals surface area contributed by atoms with Gasteiger partial charge in [-0.05, 0) is 19.1 Å². The van der Waals surface area contributed by atoms with Crippen LogP contribution in [-0.2, 0) is 0 Å². The normalized spacial score (nSPS) is 10.2. The van der Waals surface area contributed by atoms with Gasteiger partial charge in [-0.15, -0.1) is 0 Å². The molecule has 0 fully saturated rings. The van der Waals surface area contributed by atoms with E-state index in [9.17, 15) is 9.90 Å². The number of para-hydroxylation sites is 2. The third-order valence-electron chi connectivity index (χ3n) is 2.37. The van der Waals surface area contributed by atoms with Crippen LogP contribution in [0.3, 0.4) is 0 Å². The van der Waals surface area contributed by atoms with Crippen molar-refractivity contribution in [1.82, 2.24) is 9.97 Å². The summed E-state index contributed by atoms with van der Waals surface area (Å²) in [7, 11) is 0. The van der Waals surface area contributed by atoms with Crippen molar-refractivity contribution in [3.63, 3.8) is 0 Å². The second-order valence-corrected chi connectivity index (χ2v) is 3.70. The van der Waals surface area contributed by atoms with Crippen molar-refractivity contribution >= 4 is 17.3 Å². The average molecular weight is 262 g/mol. The zero-order valence-electron chi connectivity index (χ0n) is 10.3. The van der Waals surface area contributed by atoms with Crippen LogP contribution in [-0.4, -0.2) is 21.7 Å². The van der Waals surface area contributed by atoms with Crippen LogP contribution in [0.25, 0.3) is 0 Å². The van der Waals surface area contributed by atoms with E-state index >= 15 is 0 Å². The first-order chi connectivity index (χ1) is 9.11. The Morgan fingerprint density at radius 2 is 2.21 bits per heavy atom. The number of hydrogen-bond acceptors (Lipinski definition) is 6. The number of aromatic hydroxyl groups is 1. The summed E-state index contributed by atoms with van der Waals surface area (Å²) in [4.78, 5) is 17.6. The van der Waals surface area contributed by atoms with Gasteiger partial charge in [0, 0.05) is 0 Å². The molecule has 5 N–H and O–H groups in total. The minimum atomic E-state index is -0.559. The van der Waals surface area contributed by atoms with Crippen LogP contribution in [0.1, 0.15) is 6.92 Å². The van der Waals surface area contributed by atoms with Crippen LogP contribution in [0.15, 0.2) is 29.1 Å². The van der Waals surface area contributed by atoms with Gasteiger partial charge in [0.25, 0.3) is 5.56 Å². The Hall–Kier alpha value is -2.70. The van der Waals surface area contributed by atoms with E-state index in [0.717, 1.165) is 0 Å². The number of H-pyrrole nitrogens is 1. The highest BCUT2D eigenvalue weighted by Gasteiger charge is 2.12. The zero-order valence-corrected chi connectivity index (χ0v) is 10.3. The molecule has 2 aromatic rings. The van der Waals surface area contributed by atoms with Gasteiger partial charge in [0.15, 0.2) is 5.69 Å². The summed E-state index contributed by atoms with van der Waals surface area (Å²) in [5.74, 6) is -0.0423. The lowest BCUT2D eigenvalue weighted by Crippen LogP contribution is -2.15. The lowest BCUT2D eigenvalue weighted by Gasteiger charge is -2.12. The average Bonchev–Trinajstić information content (AvgIpc) is 2.36. The van der Waals surface area contributed by atoms with Gasteiger partial charge in [-0.3, -0.25) is 9.78 Å². The van der Waals surface area contributed by atoms with Gasteiger partial charge in [-0.25, -0.2) is 0 Å². The van der Waals surface area contributed by atoms with E-state index in [0.29, 0.717) is 18.0 Å². The Balaban J connectivity index is 2.39. The van der Waals surface area contributed by atoms with Crippen LogP contribution in [0.2, 0.25) is 0 Å². The highest BCUT2D eigenvalue weighted by molar-refractivity contribution is 5.68. The standard InChI is InChI=1S/C12H14N4O3/c1-2-19-8-6-4-3-5-7(8)14-9-10(17)15-12(13)16-11(9)18/h3-6,14H,2H2,1H3,(H4,13,15,16,17,18). The molecule has 0 saturated carbocycles. The Labute approximate surface area is 109 Å². The van der Waals surface area contributed by atoms with Crippen LogP contribution in [0, 0.1) is 0 Å². The monoisotopic (exact) mass is 262 g/mol. The fourth-order valence-corrected chi connectivity index (χ4v) is 1.58. The predicted octanol–water partition coefficient (Wildman–Crippen LogP) is 1.20. The van der Waals surface area contributed by atoms with Gasteiger partial charge in [0.1, 0.15) is 5.75 Å². The van der Waals surface area contributed by atoms with Crippen molar-refractivity contribution in [1.29, 1.82) is 0 Å². The third kappa shape index (κ3) is 2.76. The Bertz CT molecular complexity index is 639. The van der Waals surface area contributed by atoms with Crippen molar-refractivity contribution in [2.45, 2.75) is 6.92 Å². The Morgan fingerprint density at radius 3 is 2.89 bits per heavy atom. The second kappa shape index (κ2) is 5.30. The first-order valence-corrected chi connectivity index (χ1v) is 5.69. The molecule has 7 nitrogen and oxygen atoms in total. The number of hydrogen-bond donors (Lipinski definition) is 4. The molecule has 100 valence electrons. The SMILES string of the molecule is CCOc1ccccc1Nc1c(O)nc(N)[nH]c1=O. The number of aromatic amines is 1. The number of nitrogen functional groups attached to an aromatic ring is 1. The van der Waals surface area contributed by atoms with E-state index < -0.39 is 11.4 Å². The summed E-state index contributed by atoms with van der Waals surface area (Å²) >= 11 is 0. The fourth-order valence-electron chi connectivity index (χ4n) is 1.58. The Kier molecular flexibility index (Phi) is 3.56.